The van der Waals surface area contributed by atoms with Gasteiger partial charge < -0.3 is 4.74 Å². The molecule has 1 aliphatic heterocycles. The maximum Gasteiger partial charge on any atom is 0.0723 e. The van der Waals surface area contributed by atoms with E-state index in [0.717, 1.165) is 6.61 Å². The summed E-state index contributed by atoms with van der Waals surface area (Å²) in [5, 5.41) is 0. The molecule has 2 atom stereocenters. The second kappa shape index (κ2) is 2.91. The van der Waals surface area contributed by atoms with Crippen LogP contribution in [-0.4, -0.2) is 6.10 Å². The molecule has 1 heterocycles. The molecule has 1 aromatic rings. The van der Waals surface area contributed by atoms with Crippen molar-refractivity contribution in [3.05, 3.63) is 35.4 Å². The van der Waals surface area contributed by atoms with E-state index in [1.54, 1.807) is 0 Å². The number of fused-ring (bicyclic) bond motifs is 1. The van der Waals surface area contributed by atoms with Crippen LogP contribution in [0.15, 0.2) is 24.3 Å². The largest absolute Gasteiger partial charge is 0.373 e. The third-order valence-electron chi connectivity index (χ3n) is 2.75. The molecule has 0 N–H and O–H groups in total. The average molecular weight is 162 g/mol. The van der Waals surface area contributed by atoms with Gasteiger partial charge in [0.25, 0.3) is 0 Å². The Labute approximate surface area is 73.4 Å². The lowest BCUT2D eigenvalue weighted by Gasteiger charge is -2.28. The first kappa shape index (κ1) is 7.81. The predicted octanol–water partition coefficient (Wildman–Crippen LogP) is 2.71. The molecule has 0 saturated heterocycles. The Morgan fingerprint density at radius 3 is 2.83 bits per heavy atom. The second-order valence-corrected chi connectivity index (χ2v) is 3.50. The Bertz CT molecular complexity index is 280. The van der Waals surface area contributed by atoms with E-state index in [0.29, 0.717) is 12.0 Å². The zero-order valence-corrected chi connectivity index (χ0v) is 7.58. The topological polar surface area (TPSA) is 9.23 Å². The van der Waals surface area contributed by atoms with Crippen molar-refractivity contribution < 1.29 is 4.74 Å². The predicted molar refractivity (Wildman–Crippen MR) is 49.1 cm³/mol. The molecule has 0 spiro atoms. The normalized spacial score (nSPS) is 28.2. The Balaban J connectivity index is 2.42. The van der Waals surface area contributed by atoms with Gasteiger partial charge in [-0.15, -0.1) is 0 Å². The zero-order valence-electron chi connectivity index (χ0n) is 7.58. The van der Waals surface area contributed by atoms with Crippen LogP contribution >= 0.6 is 0 Å². The first-order valence-electron chi connectivity index (χ1n) is 4.48. The smallest absolute Gasteiger partial charge is 0.0723 e. The fourth-order valence-corrected chi connectivity index (χ4v) is 1.73. The molecule has 1 nitrogen and oxygen atoms in total. The molecule has 0 bridgehead atoms. The molecule has 64 valence electrons. The fourth-order valence-electron chi connectivity index (χ4n) is 1.73. The molecular formula is C11H14O. The summed E-state index contributed by atoms with van der Waals surface area (Å²) in [5.41, 5.74) is 2.80. The van der Waals surface area contributed by atoms with E-state index in [2.05, 4.69) is 38.1 Å². The number of benzene rings is 1. The van der Waals surface area contributed by atoms with Gasteiger partial charge in [-0.2, -0.15) is 0 Å². The molecule has 1 aliphatic rings. The molecule has 1 heteroatoms. The van der Waals surface area contributed by atoms with Crippen molar-refractivity contribution in [2.24, 2.45) is 0 Å². The van der Waals surface area contributed by atoms with Crippen molar-refractivity contribution in [2.45, 2.75) is 32.5 Å². The van der Waals surface area contributed by atoms with E-state index in [9.17, 15) is 0 Å². The maximum absolute atomic E-state index is 5.62. The number of ether oxygens (including phenoxy) is 1. The Morgan fingerprint density at radius 2 is 2.00 bits per heavy atom. The van der Waals surface area contributed by atoms with E-state index >= 15 is 0 Å². The van der Waals surface area contributed by atoms with Crippen LogP contribution in [0.25, 0.3) is 0 Å². The van der Waals surface area contributed by atoms with E-state index in [4.69, 9.17) is 4.74 Å². The van der Waals surface area contributed by atoms with Crippen LogP contribution in [0.5, 0.6) is 0 Å². The van der Waals surface area contributed by atoms with E-state index < -0.39 is 0 Å². The number of rotatable bonds is 0. The Morgan fingerprint density at radius 1 is 1.25 bits per heavy atom. The average Bonchev–Trinajstić information content (AvgIpc) is 2.12. The summed E-state index contributed by atoms with van der Waals surface area (Å²) in [4.78, 5) is 0. The minimum atomic E-state index is 0.361. The molecule has 12 heavy (non-hydrogen) atoms. The van der Waals surface area contributed by atoms with Gasteiger partial charge in [-0.05, 0) is 18.1 Å². The molecule has 1 unspecified atom stereocenters. The van der Waals surface area contributed by atoms with E-state index in [-0.39, 0.29) is 0 Å². The molecule has 0 saturated carbocycles. The lowest BCUT2D eigenvalue weighted by Crippen LogP contribution is -2.22. The standard InChI is InChI=1S/C11H14O/c1-8-9(2)12-7-10-5-3-4-6-11(8)10/h3-6,8-9H,7H2,1-2H3/t8?,9-/m1/s1. The summed E-state index contributed by atoms with van der Waals surface area (Å²) >= 11 is 0. The minimum Gasteiger partial charge on any atom is -0.373 e. The Kier molecular flexibility index (Phi) is 1.89. The molecule has 0 radical (unpaired) electrons. The molecule has 0 aliphatic carbocycles. The summed E-state index contributed by atoms with van der Waals surface area (Å²) in [6, 6.07) is 8.54. The van der Waals surface area contributed by atoms with Crippen LogP contribution in [0.1, 0.15) is 30.9 Å². The highest BCUT2D eigenvalue weighted by Gasteiger charge is 2.22. The first-order chi connectivity index (χ1) is 5.79. The summed E-state index contributed by atoms with van der Waals surface area (Å²) in [5.74, 6) is 0.537. The lowest BCUT2D eigenvalue weighted by atomic mass is 9.90. The molecule has 1 aromatic carbocycles. The van der Waals surface area contributed by atoms with Gasteiger partial charge in [-0.1, -0.05) is 31.2 Å². The van der Waals surface area contributed by atoms with Gasteiger partial charge in [0.1, 0.15) is 0 Å². The van der Waals surface area contributed by atoms with Gasteiger partial charge in [0.2, 0.25) is 0 Å². The highest BCUT2D eigenvalue weighted by atomic mass is 16.5. The van der Waals surface area contributed by atoms with Gasteiger partial charge in [0.15, 0.2) is 0 Å². The third-order valence-corrected chi connectivity index (χ3v) is 2.75. The summed E-state index contributed by atoms with van der Waals surface area (Å²) < 4.78 is 5.62. The van der Waals surface area contributed by atoms with E-state index in [1.807, 2.05) is 0 Å². The summed E-state index contributed by atoms with van der Waals surface area (Å²) in [6.07, 6.45) is 0.361. The second-order valence-electron chi connectivity index (χ2n) is 3.50. The molecular weight excluding hydrogens is 148 g/mol. The molecule has 0 amide bonds. The van der Waals surface area contributed by atoms with Gasteiger partial charge in [-0.25, -0.2) is 0 Å². The van der Waals surface area contributed by atoms with E-state index in [1.165, 1.54) is 11.1 Å². The SMILES string of the molecule is CC1c2ccccc2CO[C@@H]1C. The maximum atomic E-state index is 5.62. The van der Waals surface area contributed by atoms with Crippen LogP contribution in [0, 0.1) is 0 Å². The van der Waals surface area contributed by atoms with Crippen molar-refractivity contribution >= 4 is 0 Å². The van der Waals surface area contributed by atoms with Crippen molar-refractivity contribution in [1.29, 1.82) is 0 Å². The van der Waals surface area contributed by atoms with Crippen molar-refractivity contribution in [1.82, 2.24) is 0 Å². The van der Waals surface area contributed by atoms with Crippen LogP contribution in [0.2, 0.25) is 0 Å². The van der Waals surface area contributed by atoms with Crippen molar-refractivity contribution in [3.8, 4) is 0 Å². The van der Waals surface area contributed by atoms with Crippen molar-refractivity contribution in [3.63, 3.8) is 0 Å². The van der Waals surface area contributed by atoms with Gasteiger partial charge >= 0.3 is 0 Å². The highest BCUT2D eigenvalue weighted by Crippen LogP contribution is 2.30. The summed E-state index contributed by atoms with van der Waals surface area (Å²) in [6.45, 7) is 5.14. The van der Waals surface area contributed by atoms with Crippen LogP contribution in [0.4, 0.5) is 0 Å². The molecule has 2 rings (SSSR count). The van der Waals surface area contributed by atoms with Gasteiger partial charge in [-0.3, -0.25) is 0 Å². The van der Waals surface area contributed by atoms with Crippen LogP contribution in [0.3, 0.4) is 0 Å². The number of hydrogen-bond donors (Lipinski definition) is 0. The van der Waals surface area contributed by atoms with Gasteiger partial charge in [0.05, 0.1) is 12.7 Å². The van der Waals surface area contributed by atoms with Crippen LogP contribution < -0.4 is 0 Å². The lowest BCUT2D eigenvalue weighted by molar-refractivity contribution is 0.0242. The Hall–Kier alpha value is -0.820. The quantitative estimate of drug-likeness (QED) is 0.570. The monoisotopic (exact) mass is 162 g/mol. The zero-order chi connectivity index (χ0) is 8.55. The number of hydrogen-bond acceptors (Lipinski definition) is 1. The molecule has 0 aromatic heterocycles. The third kappa shape index (κ3) is 1.14. The minimum absolute atomic E-state index is 0.361. The molecule has 0 fully saturated rings. The van der Waals surface area contributed by atoms with Crippen molar-refractivity contribution in [2.75, 3.05) is 0 Å². The highest BCUT2D eigenvalue weighted by molar-refractivity contribution is 5.31. The van der Waals surface area contributed by atoms with Crippen LogP contribution in [-0.2, 0) is 11.3 Å². The fraction of sp³-hybridized carbons (Fsp3) is 0.455. The van der Waals surface area contributed by atoms with Gasteiger partial charge in [0, 0.05) is 5.92 Å². The summed E-state index contributed by atoms with van der Waals surface area (Å²) in [7, 11) is 0. The first-order valence-corrected chi connectivity index (χ1v) is 4.48.